The first-order valence-corrected chi connectivity index (χ1v) is 7.52. The van der Waals surface area contributed by atoms with Crippen molar-refractivity contribution < 1.29 is 18.0 Å². The SMILES string of the molecule is CCc1cc(C(=O)NC(C)(C)C(F)(F)F)cc(C2(C)CC2)c1. The molecule has 1 aliphatic carbocycles. The van der Waals surface area contributed by atoms with Gasteiger partial charge >= 0.3 is 6.18 Å². The van der Waals surface area contributed by atoms with E-state index in [2.05, 4.69) is 18.3 Å². The van der Waals surface area contributed by atoms with Crippen molar-refractivity contribution in [1.82, 2.24) is 5.32 Å². The summed E-state index contributed by atoms with van der Waals surface area (Å²) in [5, 5.41) is 2.10. The second-order valence-electron chi connectivity index (χ2n) is 6.91. The topological polar surface area (TPSA) is 29.1 Å². The van der Waals surface area contributed by atoms with Gasteiger partial charge < -0.3 is 5.32 Å². The van der Waals surface area contributed by atoms with Gasteiger partial charge in [-0.3, -0.25) is 4.79 Å². The van der Waals surface area contributed by atoms with Crippen LogP contribution in [-0.2, 0) is 11.8 Å². The van der Waals surface area contributed by atoms with Crippen molar-refractivity contribution >= 4 is 5.91 Å². The average molecular weight is 313 g/mol. The fourth-order valence-corrected chi connectivity index (χ4v) is 2.28. The van der Waals surface area contributed by atoms with Gasteiger partial charge in [0.15, 0.2) is 0 Å². The predicted molar refractivity (Wildman–Crippen MR) is 80.0 cm³/mol. The summed E-state index contributed by atoms with van der Waals surface area (Å²) in [6, 6.07) is 5.46. The number of hydrogen-bond acceptors (Lipinski definition) is 1. The van der Waals surface area contributed by atoms with Gasteiger partial charge in [-0.25, -0.2) is 0 Å². The molecule has 0 aliphatic heterocycles. The number of alkyl halides is 3. The van der Waals surface area contributed by atoms with E-state index in [1.165, 1.54) is 0 Å². The van der Waals surface area contributed by atoms with Crippen LogP contribution in [0.3, 0.4) is 0 Å². The lowest BCUT2D eigenvalue weighted by atomic mass is 9.92. The fraction of sp³-hybridized carbons (Fsp3) is 0.588. The predicted octanol–water partition coefficient (Wildman–Crippen LogP) is 4.37. The highest BCUT2D eigenvalue weighted by Gasteiger charge is 2.48. The molecule has 1 amide bonds. The largest absolute Gasteiger partial charge is 0.410 e. The van der Waals surface area contributed by atoms with E-state index in [4.69, 9.17) is 0 Å². The molecule has 0 unspecified atom stereocenters. The Morgan fingerprint density at radius 1 is 1.23 bits per heavy atom. The van der Waals surface area contributed by atoms with E-state index in [9.17, 15) is 18.0 Å². The Balaban J connectivity index is 2.30. The number of rotatable bonds is 4. The third-order valence-electron chi connectivity index (χ3n) is 4.49. The summed E-state index contributed by atoms with van der Waals surface area (Å²) in [5.74, 6) is -0.678. The molecule has 1 aliphatic rings. The van der Waals surface area contributed by atoms with E-state index in [1.54, 1.807) is 12.1 Å². The zero-order chi connectivity index (χ0) is 16.8. The van der Waals surface area contributed by atoms with Crippen molar-refractivity contribution in [3.05, 3.63) is 34.9 Å². The van der Waals surface area contributed by atoms with Gasteiger partial charge in [0.05, 0.1) is 0 Å². The number of benzene rings is 1. The minimum atomic E-state index is -4.49. The van der Waals surface area contributed by atoms with E-state index < -0.39 is 17.6 Å². The van der Waals surface area contributed by atoms with Gasteiger partial charge in [-0.2, -0.15) is 13.2 Å². The fourth-order valence-electron chi connectivity index (χ4n) is 2.28. The smallest absolute Gasteiger partial charge is 0.338 e. The standard InChI is InChI=1S/C17H22F3NO/c1-5-11-8-12(10-13(9-11)16(4)6-7-16)14(22)21-15(2,3)17(18,19)20/h8-10H,5-7H2,1-4H3,(H,21,22). The summed E-state index contributed by atoms with van der Waals surface area (Å²) >= 11 is 0. The van der Waals surface area contributed by atoms with Gasteiger partial charge in [0.25, 0.3) is 5.91 Å². The molecule has 0 bridgehead atoms. The van der Waals surface area contributed by atoms with Crippen molar-refractivity contribution in [3.8, 4) is 0 Å². The van der Waals surface area contributed by atoms with Gasteiger partial charge in [0.1, 0.15) is 5.54 Å². The maximum absolute atomic E-state index is 12.9. The van der Waals surface area contributed by atoms with Crippen LogP contribution in [0.4, 0.5) is 13.2 Å². The van der Waals surface area contributed by atoms with E-state index >= 15 is 0 Å². The van der Waals surface area contributed by atoms with Crippen LogP contribution in [0.1, 0.15) is 62.0 Å². The second-order valence-corrected chi connectivity index (χ2v) is 6.91. The van der Waals surface area contributed by atoms with Crippen LogP contribution in [0.15, 0.2) is 18.2 Å². The van der Waals surface area contributed by atoms with Crippen LogP contribution in [0.2, 0.25) is 0 Å². The Hall–Kier alpha value is -1.52. The molecule has 0 heterocycles. The molecule has 1 fully saturated rings. The Bertz CT molecular complexity index is 586. The van der Waals surface area contributed by atoms with Gasteiger partial charge in [-0.1, -0.05) is 19.9 Å². The molecule has 1 saturated carbocycles. The minimum Gasteiger partial charge on any atom is -0.338 e. The van der Waals surface area contributed by atoms with Gasteiger partial charge in [0.2, 0.25) is 0 Å². The summed E-state index contributed by atoms with van der Waals surface area (Å²) in [6.45, 7) is 6.02. The maximum atomic E-state index is 12.9. The molecule has 0 radical (unpaired) electrons. The number of nitrogens with one attached hydrogen (secondary N) is 1. The highest BCUT2D eigenvalue weighted by molar-refractivity contribution is 5.95. The lowest BCUT2D eigenvalue weighted by molar-refractivity contribution is -0.182. The number of aryl methyl sites for hydroxylation is 1. The first-order chi connectivity index (χ1) is 9.98. The van der Waals surface area contributed by atoms with Crippen LogP contribution < -0.4 is 5.32 Å². The van der Waals surface area contributed by atoms with E-state index in [1.807, 2.05) is 6.92 Å². The zero-order valence-electron chi connectivity index (χ0n) is 13.4. The Labute approximate surface area is 129 Å². The zero-order valence-corrected chi connectivity index (χ0v) is 13.4. The summed E-state index contributed by atoms with van der Waals surface area (Å²) in [4.78, 5) is 12.3. The van der Waals surface area contributed by atoms with E-state index in [-0.39, 0.29) is 5.41 Å². The lowest BCUT2D eigenvalue weighted by Crippen LogP contribution is -2.54. The molecular formula is C17H22F3NO. The molecule has 1 aromatic rings. The van der Waals surface area contributed by atoms with Crippen LogP contribution in [0.25, 0.3) is 0 Å². The molecule has 122 valence electrons. The number of amides is 1. The number of carbonyl (C=O) groups excluding carboxylic acids is 1. The summed E-state index contributed by atoms with van der Waals surface area (Å²) in [5.41, 5.74) is 0.137. The summed E-state index contributed by atoms with van der Waals surface area (Å²) in [7, 11) is 0. The van der Waals surface area contributed by atoms with Crippen LogP contribution in [0, 0.1) is 0 Å². The third kappa shape index (κ3) is 3.28. The monoisotopic (exact) mass is 313 g/mol. The van der Waals surface area contributed by atoms with Crippen molar-refractivity contribution in [1.29, 1.82) is 0 Å². The summed E-state index contributed by atoms with van der Waals surface area (Å²) in [6.07, 6.45) is -1.65. The molecule has 5 heteroatoms. The minimum absolute atomic E-state index is 0.0692. The van der Waals surface area contributed by atoms with E-state index in [0.717, 1.165) is 44.2 Å². The van der Waals surface area contributed by atoms with Crippen LogP contribution >= 0.6 is 0 Å². The Kier molecular flexibility index (Phi) is 4.05. The Morgan fingerprint density at radius 3 is 2.27 bits per heavy atom. The first kappa shape index (κ1) is 16.8. The maximum Gasteiger partial charge on any atom is 0.410 e. The number of carbonyl (C=O) groups is 1. The molecule has 0 atom stereocenters. The van der Waals surface area contributed by atoms with Gasteiger partial charge in [0, 0.05) is 5.56 Å². The molecular weight excluding hydrogens is 291 g/mol. The number of hydrogen-bond donors (Lipinski definition) is 1. The van der Waals surface area contributed by atoms with Gasteiger partial charge in [-0.05, 0) is 61.8 Å². The highest BCUT2D eigenvalue weighted by Crippen LogP contribution is 2.48. The number of halogens is 3. The molecule has 1 aromatic carbocycles. The molecule has 0 saturated heterocycles. The highest BCUT2D eigenvalue weighted by atomic mass is 19.4. The molecule has 2 rings (SSSR count). The average Bonchev–Trinajstić information content (AvgIpc) is 3.15. The molecule has 2 nitrogen and oxygen atoms in total. The molecule has 0 spiro atoms. The van der Waals surface area contributed by atoms with Crippen molar-refractivity contribution in [3.63, 3.8) is 0 Å². The molecule has 0 aromatic heterocycles. The van der Waals surface area contributed by atoms with Crippen molar-refractivity contribution in [2.24, 2.45) is 0 Å². The van der Waals surface area contributed by atoms with E-state index in [0.29, 0.717) is 5.56 Å². The Morgan fingerprint density at radius 2 is 1.82 bits per heavy atom. The van der Waals surface area contributed by atoms with Gasteiger partial charge in [-0.15, -0.1) is 0 Å². The van der Waals surface area contributed by atoms with Crippen molar-refractivity contribution in [2.75, 3.05) is 0 Å². The van der Waals surface area contributed by atoms with Crippen LogP contribution in [0.5, 0.6) is 0 Å². The molecule has 1 N–H and O–H groups in total. The second kappa shape index (κ2) is 5.28. The lowest BCUT2D eigenvalue weighted by Gasteiger charge is -2.29. The summed E-state index contributed by atoms with van der Waals surface area (Å²) < 4.78 is 38.8. The quantitative estimate of drug-likeness (QED) is 0.878. The molecule has 22 heavy (non-hydrogen) atoms. The van der Waals surface area contributed by atoms with Crippen LogP contribution in [-0.4, -0.2) is 17.6 Å². The van der Waals surface area contributed by atoms with Crippen molar-refractivity contribution in [2.45, 2.75) is 64.1 Å². The third-order valence-corrected chi connectivity index (χ3v) is 4.49. The first-order valence-electron chi connectivity index (χ1n) is 7.52. The normalized spacial score (nSPS) is 17.2.